The van der Waals surface area contributed by atoms with Gasteiger partial charge >= 0.3 is 5.97 Å². The standard InChI is InChI=1S/C13H8ClN3O2/c14-9-2-4-10(5-3-9)17-12-7-8(13(18)19)1-6-11(12)15-16-17/h1-7H,(H,18,19). The van der Waals surface area contributed by atoms with E-state index in [1.165, 1.54) is 6.07 Å². The molecule has 0 aliphatic heterocycles. The highest BCUT2D eigenvalue weighted by molar-refractivity contribution is 6.30. The van der Waals surface area contributed by atoms with Gasteiger partial charge in [-0.15, -0.1) is 5.10 Å². The first-order chi connectivity index (χ1) is 9.15. The van der Waals surface area contributed by atoms with E-state index >= 15 is 0 Å². The smallest absolute Gasteiger partial charge is 0.335 e. The summed E-state index contributed by atoms with van der Waals surface area (Å²) in [7, 11) is 0. The minimum Gasteiger partial charge on any atom is -0.478 e. The number of fused-ring (bicyclic) bond motifs is 1. The van der Waals surface area contributed by atoms with E-state index in [1.54, 1.807) is 41.1 Å². The van der Waals surface area contributed by atoms with Crippen LogP contribution in [0.5, 0.6) is 0 Å². The maximum absolute atomic E-state index is 11.0. The van der Waals surface area contributed by atoms with E-state index in [-0.39, 0.29) is 5.56 Å². The predicted octanol–water partition coefficient (Wildman–Crippen LogP) is 2.77. The molecule has 0 saturated carbocycles. The first-order valence-electron chi connectivity index (χ1n) is 5.50. The van der Waals surface area contributed by atoms with E-state index in [0.29, 0.717) is 16.1 Å². The number of rotatable bonds is 2. The Morgan fingerprint density at radius 1 is 1.16 bits per heavy atom. The molecular weight excluding hydrogens is 266 g/mol. The zero-order chi connectivity index (χ0) is 13.4. The Morgan fingerprint density at radius 2 is 1.89 bits per heavy atom. The molecule has 6 heteroatoms. The highest BCUT2D eigenvalue weighted by atomic mass is 35.5. The van der Waals surface area contributed by atoms with Crippen LogP contribution in [0.4, 0.5) is 0 Å². The lowest BCUT2D eigenvalue weighted by atomic mass is 10.2. The second-order valence-electron chi connectivity index (χ2n) is 3.99. The number of hydrogen-bond donors (Lipinski definition) is 1. The van der Waals surface area contributed by atoms with Crippen LogP contribution in [0.1, 0.15) is 10.4 Å². The van der Waals surface area contributed by atoms with Crippen molar-refractivity contribution in [1.29, 1.82) is 0 Å². The summed E-state index contributed by atoms with van der Waals surface area (Å²) in [6, 6.07) is 11.8. The van der Waals surface area contributed by atoms with Crippen LogP contribution >= 0.6 is 11.6 Å². The molecule has 1 heterocycles. The molecule has 0 fully saturated rings. The zero-order valence-electron chi connectivity index (χ0n) is 9.62. The van der Waals surface area contributed by atoms with E-state index in [4.69, 9.17) is 16.7 Å². The number of nitrogens with zero attached hydrogens (tertiary/aromatic N) is 3. The number of aromatic carboxylic acids is 1. The molecule has 0 spiro atoms. The highest BCUT2D eigenvalue weighted by Gasteiger charge is 2.10. The average Bonchev–Trinajstić information content (AvgIpc) is 2.82. The van der Waals surface area contributed by atoms with Gasteiger partial charge in [-0.1, -0.05) is 16.8 Å². The zero-order valence-corrected chi connectivity index (χ0v) is 10.4. The maximum Gasteiger partial charge on any atom is 0.335 e. The van der Waals surface area contributed by atoms with E-state index in [0.717, 1.165) is 5.69 Å². The van der Waals surface area contributed by atoms with Crippen LogP contribution in [0.25, 0.3) is 16.7 Å². The van der Waals surface area contributed by atoms with Crippen molar-refractivity contribution < 1.29 is 9.90 Å². The molecule has 2 aromatic carbocycles. The molecule has 94 valence electrons. The molecule has 3 aromatic rings. The Kier molecular flexibility index (Phi) is 2.68. The Morgan fingerprint density at radius 3 is 2.58 bits per heavy atom. The number of hydrogen-bond acceptors (Lipinski definition) is 3. The Balaban J connectivity index is 2.21. The van der Waals surface area contributed by atoms with Crippen LogP contribution in [0.3, 0.4) is 0 Å². The van der Waals surface area contributed by atoms with E-state index in [9.17, 15) is 4.79 Å². The Hall–Kier alpha value is -2.40. The molecule has 1 N–H and O–H groups in total. The predicted molar refractivity (Wildman–Crippen MR) is 70.8 cm³/mol. The molecule has 0 atom stereocenters. The molecule has 0 aliphatic carbocycles. The summed E-state index contributed by atoms with van der Waals surface area (Å²) in [6.45, 7) is 0. The first kappa shape index (κ1) is 11.7. The number of carboxylic acids is 1. The van der Waals surface area contributed by atoms with Gasteiger partial charge in [0.25, 0.3) is 0 Å². The van der Waals surface area contributed by atoms with Crippen molar-refractivity contribution in [3.8, 4) is 5.69 Å². The van der Waals surface area contributed by atoms with Crippen molar-refractivity contribution in [2.24, 2.45) is 0 Å². The third-order valence-corrected chi connectivity index (χ3v) is 3.02. The van der Waals surface area contributed by atoms with Gasteiger partial charge in [0.05, 0.1) is 16.8 Å². The largest absolute Gasteiger partial charge is 0.478 e. The third kappa shape index (κ3) is 2.04. The SMILES string of the molecule is O=C(O)c1ccc2nnn(-c3ccc(Cl)cc3)c2c1. The summed E-state index contributed by atoms with van der Waals surface area (Å²) in [5.41, 5.74) is 2.25. The molecule has 5 nitrogen and oxygen atoms in total. The fourth-order valence-corrected chi connectivity index (χ4v) is 1.95. The number of carbonyl (C=O) groups is 1. The summed E-state index contributed by atoms with van der Waals surface area (Å²) in [5.74, 6) is -0.981. The number of carboxylic acid groups (broad SMARTS) is 1. The van der Waals surface area contributed by atoms with Gasteiger partial charge in [-0.05, 0) is 42.5 Å². The maximum atomic E-state index is 11.0. The molecule has 0 radical (unpaired) electrons. The Bertz CT molecular complexity index is 765. The van der Waals surface area contributed by atoms with Gasteiger partial charge < -0.3 is 5.11 Å². The van der Waals surface area contributed by atoms with Gasteiger partial charge in [-0.2, -0.15) is 0 Å². The van der Waals surface area contributed by atoms with Gasteiger partial charge in [-0.25, -0.2) is 9.48 Å². The Labute approximate surface area is 113 Å². The monoisotopic (exact) mass is 273 g/mol. The molecule has 0 bridgehead atoms. The van der Waals surface area contributed by atoms with Crippen LogP contribution in [-0.2, 0) is 0 Å². The lowest BCUT2D eigenvalue weighted by Crippen LogP contribution is -1.99. The second kappa shape index (κ2) is 4.37. The van der Waals surface area contributed by atoms with Gasteiger partial charge in [0, 0.05) is 5.02 Å². The summed E-state index contributed by atoms with van der Waals surface area (Å²) in [4.78, 5) is 11.0. The minimum atomic E-state index is -0.981. The van der Waals surface area contributed by atoms with Crippen LogP contribution in [-0.4, -0.2) is 26.1 Å². The summed E-state index contributed by atoms with van der Waals surface area (Å²) in [5, 5.41) is 17.7. The molecule has 1 aromatic heterocycles. The third-order valence-electron chi connectivity index (χ3n) is 2.76. The molecule has 0 unspecified atom stereocenters. The minimum absolute atomic E-state index is 0.199. The fraction of sp³-hybridized carbons (Fsp3) is 0. The average molecular weight is 274 g/mol. The van der Waals surface area contributed by atoms with Crippen molar-refractivity contribution in [1.82, 2.24) is 15.0 Å². The van der Waals surface area contributed by atoms with Crippen LogP contribution in [0.15, 0.2) is 42.5 Å². The quantitative estimate of drug-likeness (QED) is 0.779. The highest BCUT2D eigenvalue weighted by Crippen LogP contribution is 2.19. The molecule has 0 saturated heterocycles. The van der Waals surface area contributed by atoms with Crippen molar-refractivity contribution in [3.63, 3.8) is 0 Å². The summed E-state index contributed by atoms with van der Waals surface area (Å²) < 4.78 is 1.58. The van der Waals surface area contributed by atoms with E-state index in [1.807, 2.05) is 0 Å². The number of aromatic nitrogens is 3. The molecule has 0 amide bonds. The van der Waals surface area contributed by atoms with E-state index < -0.39 is 5.97 Å². The molecule has 19 heavy (non-hydrogen) atoms. The fourth-order valence-electron chi connectivity index (χ4n) is 1.82. The lowest BCUT2D eigenvalue weighted by Gasteiger charge is -2.02. The number of halogens is 1. The molecule has 3 rings (SSSR count). The summed E-state index contributed by atoms with van der Waals surface area (Å²) in [6.07, 6.45) is 0. The van der Waals surface area contributed by atoms with Crippen molar-refractivity contribution in [2.45, 2.75) is 0 Å². The topological polar surface area (TPSA) is 68.0 Å². The van der Waals surface area contributed by atoms with E-state index in [2.05, 4.69) is 10.3 Å². The van der Waals surface area contributed by atoms with Crippen LogP contribution in [0, 0.1) is 0 Å². The van der Waals surface area contributed by atoms with Gasteiger partial charge in [0.1, 0.15) is 5.52 Å². The van der Waals surface area contributed by atoms with Crippen LogP contribution in [0.2, 0.25) is 5.02 Å². The van der Waals surface area contributed by atoms with Crippen molar-refractivity contribution >= 4 is 28.6 Å². The lowest BCUT2D eigenvalue weighted by molar-refractivity contribution is 0.0697. The van der Waals surface area contributed by atoms with Gasteiger partial charge in [-0.3, -0.25) is 0 Å². The van der Waals surface area contributed by atoms with Gasteiger partial charge in [0.2, 0.25) is 0 Å². The normalized spacial score (nSPS) is 10.8. The van der Waals surface area contributed by atoms with Crippen LogP contribution < -0.4 is 0 Å². The van der Waals surface area contributed by atoms with Crippen molar-refractivity contribution in [2.75, 3.05) is 0 Å². The second-order valence-corrected chi connectivity index (χ2v) is 4.42. The molecule has 0 aliphatic rings. The molecular formula is C13H8ClN3O2. The van der Waals surface area contributed by atoms with Crippen molar-refractivity contribution in [3.05, 3.63) is 53.1 Å². The number of benzene rings is 2. The van der Waals surface area contributed by atoms with Gasteiger partial charge in [0.15, 0.2) is 0 Å². The first-order valence-corrected chi connectivity index (χ1v) is 5.87. The summed E-state index contributed by atoms with van der Waals surface area (Å²) >= 11 is 5.84.